The van der Waals surface area contributed by atoms with Crippen LogP contribution in [0.4, 0.5) is 10.2 Å². The Balaban J connectivity index is 1.89. The molecule has 24 heavy (non-hydrogen) atoms. The molecule has 2 aromatic heterocycles. The fourth-order valence-corrected chi connectivity index (χ4v) is 3.07. The van der Waals surface area contributed by atoms with Crippen molar-refractivity contribution < 1.29 is 9.18 Å². The Morgan fingerprint density at radius 1 is 1.42 bits per heavy atom. The van der Waals surface area contributed by atoms with E-state index in [4.69, 9.17) is 0 Å². The first-order chi connectivity index (χ1) is 11.4. The monoisotopic (exact) mass is 331 g/mol. The Labute approximate surface area is 140 Å². The van der Waals surface area contributed by atoms with Gasteiger partial charge in [0.25, 0.3) is 0 Å². The largest absolute Gasteiger partial charge is 0.361 e. The molecule has 0 atom stereocenters. The number of H-pyrrole nitrogens is 1. The summed E-state index contributed by atoms with van der Waals surface area (Å²) in [7, 11) is 1.55. The van der Waals surface area contributed by atoms with Crippen LogP contribution < -0.4 is 10.6 Å². The number of amides is 1. The lowest BCUT2D eigenvalue weighted by Gasteiger charge is -2.29. The average Bonchev–Trinajstić information content (AvgIpc) is 2.93. The summed E-state index contributed by atoms with van der Waals surface area (Å²) in [6.45, 7) is 4.52. The summed E-state index contributed by atoms with van der Waals surface area (Å²) in [6, 6.07) is 3.10. The zero-order valence-corrected chi connectivity index (χ0v) is 14.2. The van der Waals surface area contributed by atoms with Crippen molar-refractivity contribution in [3.63, 3.8) is 0 Å². The van der Waals surface area contributed by atoms with Crippen LogP contribution in [0.3, 0.4) is 0 Å². The number of halogens is 1. The second-order valence-corrected chi connectivity index (χ2v) is 6.96. The minimum atomic E-state index is -0.597. The second-order valence-electron chi connectivity index (χ2n) is 6.96. The van der Waals surface area contributed by atoms with Crippen molar-refractivity contribution in [2.45, 2.75) is 33.1 Å². The van der Waals surface area contributed by atoms with Crippen LogP contribution in [0.5, 0.6) is 0 Å². The van der Waals surface area contributed by atoms with E-state index in [1.807, 2.05) is 0 Å². The minimum absolute atomic E-state index is 0.0409. The smallest absolute Gasteiger partial charge is 0.239 e. The Hall–Kier alpha value is -2.44. The third kappa shape index (κ3) is 3.39. The predicted molar refractivity (Wildman–Crippen MR) is 90.1 cm³/mol. The molecule has 0 spiro atoms. The minimum Gasteiger partial charge on any atom is -0.361 e. The molecule has 1 aliphatic carbocycles. The predicted octanol–water partition coefficient (Wildman–Crippen LogP) is 2.28. The molecule has 2 aromatic rings. The number of pyridine rings is 1. The van der Waals surface area contributed by atoms with Crippen LogP contribution in [0.2, 0.25) is 0 Å². The number of carbonyl (C=O) groups is 1. The first kappa shape index (κ1) is 16.4. The van der Waals surface area contributed by atoms with Crippen LogP contribution in [-0.4, -0.2) is 34.7 Å². The van der Waals surface area contributed by atoms with Gasteiger partial charge >= 0.3 is 0 Å². The van der Waals surface area contributed by atoms with Gasteiger partial charge < -0.3 is 10.6 Å². The van der Waals surface area contributed by atoms with Gasteiger partial charge in [-0.1, -0.05) is 13.8 Å². The molecule has 128 valence electrons. The maximum atomic E-state index is 13.9. The van der Waals surface area contributed by atoms with Gasteiger partial charge in [0.05, 0.1) is 12.2 Å². The summed E-state index contributed by atoms with van der Waals surface area (Å²) in [4.78, 5) is 15.1. The molecule has 0 fully saturated rings. The number of nitrogens with one attached hydrogen (secondary N) is 3. The molecule has 0 bridgehead atoms. The molecule has 1 amide bonds. The van der Waals surface area contributed by atoms with Crippen molar-refractivity contribution >= 4 is 11.7 Å². The SMILES string of the molecule is CNC(=O)CNc1cc(-c2n[nH]c3c2CCC(C)(C)C3)cc(F)n1. The zero-order chi connectivity index (χ0) is 17.3. The molecule has 6 nitrogen and oxygen atoms in total. The van der Waals surface area contributed by atoms with E-state index in [-0.39, 0.29) is 17.9 Å². The highest BCUT2D eigenvalue weighted by Crippen LogP contribution is 2.38. The second kappa shape index (κ2) is 6.22. The van der Waals surface area contributed by atoms with E-state index in [1.54, 1.807) is 13.1 Å². The summed E-state index contributed by atoms with van der Waals surface area (Å²) in [5.41, 5.74) is 3.96. The normalized spacial score (nSPS) is 15.7. The summed E-state index contributed by atoms with van der Waals surface area (Å²) in [5.74, 6) is -0.469. The molecule has 0 unspecified atom stereocenters. The van der Waals surface area contributed by atoms with Gasteiger partial charge in [0, 0.05) is 29.9 Å². The molecule has 0 saturated heterocycles. The van der Waals surface area contributed by atoms with Crippen molar-refractivity contribution in [3.05, 3.63) is 29.3 Å². The third-order valence-electron chi connectivity index (χ3n) is 4.44. The van der Waals surface area contributed by atoms with E-state index < -0.39 is 5.95 Å². The number of fused-ring (bicyclic) bond motifs is 1. The quantitative estimate of drug-likeness (QED) is 0.751. The molecular formula is C17H22FN5O. The van der Waals surface area contributed by atoms with Crippen LogP contribution in [0.15, 0.2) is 12.1 Å². The van der Waals surface area contributed by atoms with Crippen molar-refractivity contribution in [1.82, 2.24) is 20.5 Å². The molecule has 0 aromatic carbocycles. The molecule has 2 heterocycles. The average molecular weight is 331 g/mol. The van der Waals surface area contributed by atoms with Crippen molar-refractivity contribution in [2.75, 3.05) is 18.9 Å². The summed E-state index contributed by atoms with van der Waals surface area (Å²) < 4.78 is 13.9. The van der Waals surface area contributed by atoms with Crippen LogP contribution in [0, 0.1) is 11.4 Å². The molecule has 3 N–H and O–H groups in total. The van der Waals surface area contributed by atoms with Crippen molar-refractivity contribution in [2.24, 2.45) is 5.41 Å². The number of hydrogen-bond donors (Lipinski definition) is 3. The van der Waals surface area contributed by atoms with Gasteiger partial charge in [-0.25, -0.2) is 4.98 Å². The molecule has 0 radical (unpaired) electrons. The van der Waals surface area contributed by atoms with E-state index in [1.165, 1.54) is 6.07 Å². The standard InChI is InChI=1S/C17H22FN5O/c1-17(2)5-4-11-12(8-17)22-23-16(11)10-6-13(18)21-14(7-10)20-9-15(24)19-3/h6-7H,4-5,8-9H2,1-3H3,(H,19,24)(H,20,21)(H,22,23). The molecule has 3 rings (SSSR count). The van der Waals surface area contributed by atoms with E-state index in [2.05, 4.69) is 39.7 Å². The number of carbonyl (C=O) groups excluding carboxylic acids is 1. The number of aromatic nitrogens is 3. The van der Waals surface area contributed by atoms with Gasteiger partial charge in [-0.3, -0.25) is 9.89 Å². The zero-order valence-electron chi connectivity index (χ0n) is 14.2. The lowest BCUT2D eigenvalue weighted by atomic mass is 9.76. The Kier molecular flexibility index (Phi) is 4.26. The third-order valence-corrected chi connectivity index (χ3v) is 4.44. The van der Waals surface area contributed by atoms with E-state index >= 15 is 0 Å². The number of nitrogens with zero attached hydrogens (tertiary/aromatic N) is 2. The Bertz CT molecular complexity index is 768. The van der Waals surface area contributed by atoms with Gasteiger partial charge in [-0.2, -0.15) is 9.49 Å². The van der Waals surface area contributed by atoms with E-state index in [9.17, 15) is 9.18 Å². The highest BCUT2D eigenvalue weighted by Gasteiger charge is 2.29. The highest BCUT2D eigenvalue weighted by atomic mass is 19.1. The van der Waals surface area contributed by atoms with Crippen LogP contribution in [-0.2, 0) is 17.6 Å². The fraction of sp³-hybridized carbons (Fsp3) is 0.471. The van der Waals surface area contributed by atoms with E-state index in [0.29, 0.717) is 11.4 Å². The maximum absolute atomic E-state index is 13.9. The number of rotatable bonds is 4. The topological polar surface area (TPSA) is 82.7 Å². The van der Waals surface area contributed by atoms with Gasteiger partial charge in [-0.05, 0) is 30.7 Å². The number of hydrogen-bond acceptors (Lipinski definition) is 4. The van der Waals surface area contributed by atoms with Gasteiger partial charge in [-0.15, -0.1) is 0 Å². The Morgan fingerprint density at radius 3 is 2.96 bits per heavy atom. The summed E-state index contributed by atoms with van der Waals surface area (Å²) in [5, 5.41) is 12.8. The van der Waals surface area contributed by atoms with Crippen LogP contribution in [0.25, 0.3) is 11.3 Å². The molecule has 1 aliphatic rings. The maximum Gasteiger partial charge on any atom is 0.239 e. The lowest BCUT2D eigenvalue weighted by Crippen LogP contribution is -2.26. The first-order valence-electron chi connectivity index (χ1n) is 8.06. The van der Waals surface area contributed by atoms with Gasteiger partial charge in [0.2, 0.25) is 11.9 Å². The highest BCUT2D eigenvalue weighted by molar-refractivity contribution is 5.80. The molecule has 7 heteroatoms. The molecular weight excluding hydrogens is 309 g/mol. The number of likely N-dealkylation sites (N-methyl/N-ethyl adjacent to an activating group) is 1. The fourth-order valence-electron chi connectivity index (χ4n) is 3.07. The van der Waals surface area contributed by atoms with Crippen molar-refractivity contribution in [3.8, 4) is 11.3 Å². The van der Waals surface area contributed by atoms with Crippen LogP contribution in [0.1, 0.15) is 31.5 Å². The van der Waals surface area contributed by atoms with Crippen LogP contribution >= 0.6 is 0 Å². The number of anilines is 1. The van der Waals surface area contributed by atoms with Gasteiger partial charge in [0.1, 0.15) is 5.82 Å². The summed E-state index contributed by atoms with van der Waals surface area (Å²) >= 11 is 0. The summed E-state index contributed by atoms with van der Waals surface area (Å²) in [6.07, 6.45) is 2.92. The van der Waals surface area contributed by atoms with Crippen molar-refractivity contribution in [1.29, 1.82) is 0 Å². The Morgan fingerprint density at radius 2 is 2.21 bits per heavy atom. The number of aromatic amines is 1. The molecule has 0 saturated carbocycles. The molecule has 0 aliphatic heterocycles. The first-order valence-corrected chi connectivity index (χ1v) is 8.06. The van der Waals surface area contributed by atoms with E-state index in [0.717, 1.165) is 36.2 Å². The van der Waals surface area contributed by atoms with Gasteiger partial charge in [0.15, 0.2) is 0 Å². The lowest BCUT2D eigenvalue weighted by molar-refractivity contribution is -0.118.